The molecule has 124 valence electrons. The van der Waals surface area contributed by atoms with Crippen molar-refractivity contribution in [3.05, 3.63) is 29.3 Å². The Hall–Kier alpha value is -1.06. The molecule has 0 aromatic heterocycles. The molecule has 3 heteroatoms. The van der Waals surface area contributed by atoms with E-state index in [2.05, 4.69) is 31.7 Å². The minimum absolute atomic E-state index is 0.369. The van der Waals surface area contributed by atoms with E-state index in [1.807, 2.05) is 12.1 Å². The molecule has 1 atom stereocenters. The van der Waals surface area contributed by atoms with Crippen molar-refractivity contribution in [3.63, 3.8) is 0 Å². The Balaban J connectivity index is 1.83. The van der Waals surface area contributed by atoms with Crippen LogP contribution >= 0.6 is 0 Å². The zero-order chi connectivity index (χ0) is 15.9. The van der Waals surface area contributed by atoms with E-state index in [0.29, 0.717) is 19.2 Å². The molecule has 0 aliphatic heterocycles. The zero-order valence-corrected chi connectivity index (χ0v) is 14.3. The standard InChI is InChI=1S/C19H31NO2/c1-4-20(17-10-6-5-7-11-17)13-18(21)14-22-19-12-8-9-15(2)16(19)3/h8-9,12,17-18,21H,4-7,10-11,13-14H2,1-3H3. The smallest absolute Gasteiger partial charge is 0.122 e. The van der Waals surface area contributed by atoms with Crippen LogP contribution in [0.25, 0.3) is 0 Å². The van der Waals surface area contributed by atoms with Gasteiger partial charge in [0.15, 0.2) is 0 Å². The number of aryl methyl sites for hydroxylation is 1. The van der Waals surface area contributed by atoms with E-state index in [4.69, 9.17) is 4.74 Å². The molecule has 0 radical (unpaired) electrons. The van der Waals surface area contributed by atoms with Gasteiger partial charge in [-0.2, -0.15) is 0 Å². The van der Waals surface area contributed by atoms with Gasteiger partial charge in [-0.25, -0.2) is 0 Å². The summed E-state index contributed by atoms with van der Waals surface area (Å²) in [5.41, 5.74) is 2.39. The monoisotopic (exact) mass is 305 g/mol. The van der Waals surface area contributed by atoms with Crippen molar-refractivity contribution in [2.45, 2.75) is 65.0 Å². The molecule has 1 aromatic rings. The van der Waals surface area contributed by atoms with Gasteiger partial charge in [-0.3, -0.25) is 4.90 Å². The molecule has 0 heterocycles. The Morgan fingerprint density at radius 2 is 1.95 bits per heavy atom. The van der Waals surface area contributed by atoms with Crippen molar-refractivity contribution < 1.29 is 9.84 Å². The van der Waals surface area contributed by atoms with Crippen LogP contribution in [0, 0.1) is 13.8 Å². The number of benzene rings is 1. The van der Waals surface area contributed by atoms with Gasteiger partial charge in [0, 0.05) is 12.6 Å². The molecule has 2 rings (SSSR count). The Kier molecular flexibility index (Phi) is 6.71. The van der Waals surface area contributed by atoms with Crippen molar-refractivity contribution in [2.75, 3.05) is 19.7 Å². The average Bonchev–Trinajstić information content (AvgIpc) is 2.55. The van der Waals surface area contributed by atoms with E-state index < -0.39 is 6.10 Å². The van der Waals surface area contributed by atoms with Gasteiger partial charge in [-0.05, 0) is 50.4 Å². The Morgan fingerprint density at radius 3 is 2.64 bits per heavy atom. The maximum atomic E-state index is 10.3. The van der Waals surface area contributed by atoms with E-state index in [0.717, 1.165) is 17.9 Å². The van der Waals surface area contributed by atoms with Crippen molar-refractivity contribution in [1.29, 1.82) is 0 Å². The molecular weight excluding hydrogens is 274 g/mol. The lowest BCUT2D eigenvalue weighted by Crippen LogP contribution is -2.43. The van der Waals surface area contributed by atoms with E-state index in [1.165, 1.54) is 37.7 Å². The molecule has 1 saturated carbocycles. The number of aliphatic hydroxyl groups excluding tert-OH is 1. The average molecular weight is 305 g/mol. The van der Waals surface area contributed by atoms with Crippen LogP contribution in [0.3, 0.4) is 0 Å². The summed E-state index contributed by atoms with van der Waals surface area (Å²) in [6, 6.07) is 6.72. The number of rotatable bonds is 7. The largest absolute Gasteiger partial charge is 0.491 e. The second-order valence-corrected chi connectivity index (χ2v) is 6.54. The number of hydrogen-bond acceptors (Lipinski definition) is 3. The molecule has 1 aliphatic rings. The first-order valence-electron chi connectivity index (χ1n) is 8.73. The van der Waals surface area contributed by atoms with Crippen LogP contribution in [0.1, 0.15) is 50.2 Å². The molecule has 0 saturated heterocycles. The van der Waals surface area contributed by atoms with E-state index in [-0.39, 0.29) is 0 Å². The van der Waals surface area contributed by atoms with Crippen LogP contribution in [-0.4, -0.2) is 41.8 Å². The first kappa shape index (κ1) is 17.3. The van der Waals surface area contributed by atoms with Crippen LogP contribution in [0.5, 0.6) is 5.75 Å². The predicted octanol–water partition coefficient (Wildman–Crippen LogP) is 3.70. The summed E-state index contributed by atoms with van der Waals surface area (Å²) < 4.78 is 5.84. The molecule has 1 fully saturated rings. The van der Waals surface area contributed by atoms with Crippen LogP contribution in [-0.2, 0) is 0 Å². The SMILES string of the molecule is CCN(CC(O)COc1cccc(C)c1C)C1CCCCC1. The minimum Gasteiger partial charge on any atom is -0.491 e. The molecule has 3 nitrogen and oxygen atoms in total. The number of ether oxygens (including phenoxy) is 1. The Labute approximate surface area is 135 Å². The van der Waals surface area contributed by atoms with Gasteiger partial charge in [0.05, 0.1) is 0 Å². The van der Waals surface area contributed by atoms with Crippen LogP contribution < -0.4 is 4.74 Å². The lowest BCUT2D eigenvalue weighted by atomic mass is 9.94. The fraction of sp³-hybridized carbons (Fsp3) is 0.684. The van der Waals surface area contributed by atoms with Crippen molar-refractivity contribution in [2.24, 2.45) is 0 Å². The second kappa shape index (κ2) is 8.54. The molecule has 1 unspecified atom stereocenters. The van der Waals surface area contributed by atoms with E-state index in [1.54, 1.807) is 0 Å². The lowest BCUT2D eigenvalue weighted by molar-refractivity contribution is 0.0462. The summed E-state index contributed by atoms with van der Waals surface area (Å²) in [6.07, 6.45) is 6.15. The topological polar surface area (TPSA) is 32.7 Å². The second-order valence-electron chi connectivity index (χ2n) is 6.54. The molecule has 0 amide bonds. The quantitative estimate of drug-likeness (QED) is 0.834. The zero-order valence-electron chi connectivity index (χ0n) is 14.3. The maximum absolute atomic E-state index is 10.3. The highest BCUT2D eigenvalue weighted by Gasteiger charge is 2.22. The lowest BCUT2D eigenvalue weighted by Gasteiger charge is -2.34. The number of nitrogens with zero attached hydrogens (tertiary/aromatic N) is 1. The molecular formula is C19H31NO2. The summed E-state index contributed by atoms with van der Waals surface area (Å²) in [7, 11) is 0. The molecule has 1 N–H and O–H groups in total. The summed E-state index contributed by atoms with van der Waals surface area (Å²) in [6.45, 7) is 8.43. The highest BCUT2D eigenvalue weighted by atomic mass is 16.5. The molecule has 0 spiro atoms. The third-order valence-corrected chi connectivity index (χ3v) is 4.93. The van der Waals surface area contributed by atoms with Gasteiger partial charge in [-0.1, -0.05) is 38.3 Å². The molecule has 22 heavy (non-hydrogen) atoms. The third-order valence-electron chi connectivity index (χ3n) is 4.93. The van der Waals surface area contributed by atoms with Gasteiger partial charge in [0.1, 0.15) is 18.5 Å². The first-order valence-corrected chi connectivity index (χ1v) is 8.73. The van der Waals surface area contributed by atoms with Crippen LogP contribution in [0.2, 0.25) is 0 Å². The number of likely N-dealkylation sites (N-methyl/N-ethyl adjacent to an activating group) is 1. The van der Waals surface area contributed by atoms with Gasteiger partial charge in [0.25, 0.3) is 0 Å². The van der Waals surface area contributed by atoms with Gasteiger partial charge >= 0.3 is 0 Å². The van der Waals surface area contributed by atoms with E-state index in [9.17, 15) is 5.11 Å². The van der Waals surface area contributed by atoms with Gasteiger partial charge < -0.3 is 9.84 Å². The Bertz CT molecular complexity index is 455. The summed E-state index contributed by atoms with van der Waals surface area (Å²) in [5, 5.41) is 10.3. The summed E-state index contributed by atoms with van der Waals surface area (Å²) in [5.74, 6) is 0.889. The minimum atomic E-state index is -0.429. The highest BCUT2D eigenvalue weighted by molar-refractivity contribution is 5.38. The third kappa shape index (κ3) is 4.72. The number of hydrogen-bond donors (Lipinski definition) is 1. The fourth-order valence-electron chi connectivity index (χ4n) is 3.37. The van der Waals surface area contributed by atoms with Crippen molar-refractivity contribution in [1.82, 2.24) is 4.90 Å². The van der Waals surface area contributed by atoms with Crippen LogP contribution in [0.15, 0.2) is 18.2 Å². The number of aliphatic hydroxyl groups is 1. The van der Waals surface area contributed by atoms with Gasteiger partial charge in [-0.15, -0.1) is 0 Å². The highest BCUT2D eigenvalue weighted by Crippen LogP contribution is 2.23. The Morgan fingerprint density at radius 1 is 1.23 bits per heavy atom. The van der Waals surface area contributed by atoms with Crippen LogP contribution in [0.4, 0.5) is 0 Å². The predicted molar refractivity (Wildman–Crippen MR) is 91.5 cm³/mol. The molecule has 1 aromatic carbocycles. The van der Waals surface area contributed by atoms with Crippen molar-refractivity contribution in [3.8, 4) is 5.75 Å². The van der Waals surface area contributed by atoms with Gasteiger partial charge in [0.2, 0.25) is 0 Å². The normalized spacial score (nSPS) is 17.7. The van der Waals surface area contributed by atoms with Crippen molar-refractivity contribution >= 4 is 0 Å². The summed E-state index contributed by atoms with van der Waals surface area (Å²) in [4.78, 5) is 2.43. The fourth-order valence-corrected chi connectivity index (χ4v) is 3.37. The molecule has 1 aliphatic carbocycles. The van der Waals surface area contributed by atoms with E-state index >= 15 is 0 Å². The maximum Gasteiger partial charge on any atom is 0.122 e. The summed E-state index contributed by atoms with van der Waals surface area (Å²) >= 11 is 0. The molecule has 0 bridgehead atoms. The first-order chi connectivity index (χ1) is 10.6.